The summed E-state index contributed by atoms with van der Waals surface area (Å²) in [6.07, 6.45) is 1.36. The molecule has 0 bridgehead atoms. The van der Waals surface area contributed by atoms with E-state index in [1.54, 1.807) is 28.0 Å². The summed E-state index contributed by atoms with van der Waals surface area (Å²) >= 11 is 0. The van der Waals surface area contributed by atoms with E-state index in [0.29, 0.717) is 13.0 Å². The maximum absolute atomic E-state index is 11.8. The van der Waals surface area contributed by atoms with Gasteiger partial charge < -0.3 is 20.5 Å². The Labute approximate surface area is 97.6 Å². The molecular formula is C11H24N2O3. The lowest BCUT2D eigenvalue weighted by Crippen LogP contribution is -2.47. The zero-order chi connectivity index (χ0) is 12.8. The highest BCUT2D eigenvalue weighted by Crippen LogP contribution is 2.06. The summed E-state index contributed by atoms with van der Waals surface area (Å²) < 4.78 is 4.89. The fourth-order valence-corrected chi connectivity index (χ4v) is 1.51. The van der Waals surface area contributed by atoms with Crippen LogP contribution < -0.4 is 5.73 Å². The maximum Gasteiger partial charge on any atom is 0.239 e. The highest BCUT2D eigenvalue weighted by Gasteiger charge is 2.23. The van der Waals surface area contributed by atoms with E-state index in [2.05, 4.69) is 0 Å². The largest absolute Gasteiger partial charge is 0.389 e. The van der Waals surface area contributed by atoms with Crippen LogP contribution in [-0.4, -0.2) is 54.9 Å². The number of nitrogens with zero attached hydrogens (tertiary/aromatic N) is 1. The standard InChI is InChI=1S/C11H24N2O3/c1-11(2,15)8-13(3)10(14)9(12)6-5-7-16-4/h9,15H,5-8,12H2,1-4H3. The van der Waals surface area contributed by atoms with Crippen LogP contribution in [0.1, 0.15) is 26.7 Å². The lowest BCUT2D eigenvalue weighted by Gasteiger charge is -2.27. The third-order valence-corrected chi connectivity index (χ3v) is 2.18. The number of nitrogens with two attached hydrogens (primary N) is 1. The molecule has 0 aromatic heterocycles. The zero-order valence-electron chi connectivity index (χ0n) is 10.7. The number of hydrogen-bond donors (Lipinski definition) is 2. The van der Waals surface area contributed by atoms with Crippen molar-refractivity contribution in [3.05, 3.63) is 0 Å². The number of amides is 1. The topological polar surface area (TPSA) is 75.8 Å². The highest BCUT2D eigenvalue weighted by atomic mass is 16.5. The molecule has 0 rings (SSSR count). The molecule has 5 nitrogen and oxygen atoms in total. The number of methoxy groups -OCH3 is 1. The molecule has 3 N–H and O–H groups in total. The molecule has 0 aromatic rings. The van der Waals surface area contributed by atoms with Crippen molar-refractivity contribution in [2.75, 3.05) is 27.3 Å². The Kier molecular flexibility index (Phi) is 6.55. The van der Waals surface area contributed by atoms with Crippen LogP contribution in [0.25, 0.3) is 0 Å². The van der Waals surface area contributed by atoms with Gasteiger partial charge in [-0.25, -0.2) is 0 Å². The molecule has 0 aliphatic carbocycles. The first kappa shape index (κ1) is 15.3. The third-order valence-electron chi connectivity index (χ3n) is 2.18. The number of ether oxygens (including phenoxy) is 1. The zero-order valence-corrected chi connectivity index (χ0v) is 10.7. The SMILES string of the molecule is COCCCC(N)C(=O)N(C)CC(C)(C)O. The van der Waals surface area contributed by atoms with Gasteiger partial charge >= 0.3 is 0 Å². The molecule has 0 saturated heterocycles. The first-order chi connectivity index (χ1) is 7.28. The third kappa shape index (κ3) is 6.76. The van der Waals surface area contributed by atoms with Crippen LogP contribution in [0, 0.1) is 0 Å². The quantitative estimate of drug-likeness (QED) is 0.604. The van der Waals surface area contributed by atoms with Crippen molar-refractivity contribution < 1.29 is 14.6 Å². The Morgan fingerprint density at radius 2 is 2.12 bits per heavy atom. The second-order valence-corrected chi connectivity index (χ2v) is 4.75. The maximum atomic E-state index is 11.8. The first-order valence-corrected chi connectivity index (χ1v) is 5.50. The number of carbonyl (C=O) groups excluding carboxylic acids is 1. The number of rotatable bonds is 7. The minimum absolute atomic E-state index is 0.141. The van der Waals surface area contributed by atoms with Crippen LogP contribution in [0.5, 0.6) is 0 Å². The van der Waals surface area contributed by atoms with E-state index in [1.807, 2.05) is 0 Å². The first-order valence-electron chi connectivity index (χ1n) is 5.50. The van der Waals surface area contributed by atoms with Crippen molar-refractivity contribution in [3.8, 4) is 0 Å². The Bertz CT molecular complexity index is 214. The van der Waals surface area contributed by atoms with E-state index in [-0.39, 0.29) is 12.5 Å². The number of likely N-dealkylation sites (N-methyl/N-ethyl adjacent to an activating group) is 1. The molecule has 1 unspecified atom stereocenters. The van der Waals surface area contributed by atoms with Gasteiger partial charge in [0.05, 0.1) is 11.6 Å². The van der Waals surface area contributed by atoms with Gasteiger partial charge in [-0.1, -0.05) is 0 Å². The van der Waals surface area contributed by atoms with E-state index in [1.165, 1.54) is 4.90 Å². The minimum Gasteiger partial charge on any atom is -0.389 e. The summed E-state index contributed by atoms with van der Waals surface area (Å²) in [5, 5.41) is 9.58. The Morgan fingerprint density at radius 3 is 2.56 bits per heavy atom. The monoisotopic (exact) mass is 232 g/mol. The average Bonchev–Trinajstić information content (AvgIpc) is 2.14. The van der Waals surface area contributed by atoms with Crippen LogP contribution in [0.3, 0.4) is 0 Å². The van der Waals surface area contributed by atoms with Crippen LogP contribution in [0.2, 0.25) is 0 Å². The second-order valence-electron chi connectivity index (χ2n) is 4.75. The van der Waals surface area contributed by atoms with Crippen molar-refractivity contribution in [1.29, 1.82) is 0 Å². The van der Waals surface area contributed by atoms with E-state index in [9.17, 15) is 9.90 Å². The van der Waals surface area contributed by atoms with Crippen LogP contribution in [-0.2, 0) is 9.53 Å². The van der Waals surface area contributed by atoms with Crippen molar-refractivity contribution in [1.82, 2.24) is 4.90 Å². The van der Waals surface area contributed by atoms with Gasteiger partial charge in [-0.15, -0.1) is 0 Å². The van der Waals surface area contributed by atoms with Gasteiger partial charge in [-0.3, -0.25) is 4.79 Å². The summed E-state index contributed by atoms with van der Waals surface area (Å²) in [5.74, 6) is -0.141. The van der Waals surface area contributed by atoms with E-state index >= 15 is 0 Å². The molecule has 96 valence electrons. The molecule has 5 heteroatoms. The summed E-state index contributed by atoms with van der Waals surface area (Å²) in [5.41, 5.74) is 4.86. The van der Waals surface area contributed by atoms with Gasteiger partial charge in [0.1, 0.15) is 0 Å². The Morgan fingerprint density at radius 1 is 1.56 bits per heavy atom. The lowest BCUT2D eigenvalue weighted by atomic mass is 10.1. The van der Waals surface area contributed by atoms with Gasteiger partial charge in [-0.2, -0.15) is 0 Å². The van der Waals surface area contributed by atoms with E-state index in [0.717, 1.165) is 6.42 Å². The fourth-order valence-electron chi connectivity index (χ4n) is 1.51. The molecular weight excluding hydrogens is 208 g/mol. The van der Waals surface area contributed by atoms with Gasteiger partial charge in [0.25, 0.3) is 0 Å². The molecule has 0 aromatic carbocycles. The number of hydrogen-bond acceptors (Lipinski definition) is 4. The number of carbonyl (C=O) groups is 1. The minimum atomic E-state index is -0.892. The molecule has 0 fully saturated rings. The number of aliphatic hydroxyl groups is 1. The van der Waals surface area contributed by atoms with Crippen LogP contribution in [0.4, 0.5) is 0 Å². The molecule has 0 aliphatic heterocycles. The lowest BCUT2D eigenvalue weighted by molar-refractivity contribution is -0.134. The van der Waals surface area contributed by atoms with Crippen molar-refractivity contribution >= 4 is 5.91 Å². The Hall–Kier alpha value is -0.650. The summed E-state index contributed by atoms with van der Waals surface area (Å²) in [7, 11) is 3.27. The van der Waals surface area contributed by atoms with Crippen LogP contribution >= 0.6 is 0 Å². The predicted molar refractivity (Wildman–Crippen MR) is 63.0 cm³/mol. The van der Waals surface area contributed by atoms with E-state index in [4.69, 9.17) is 10.5 Å². The molecule has 1 atom stereocenters. The summed E-state index contributed by atoms with van der Waals surface area (Å²) in [6.45, 7) is 4.21. The van der Waals surface area contributed by atoms with Gasteiger partial charge in [-0.05, 0) is 26.7 Å². The molecule has 0 aliphatic rings. The van der Waals surface area contributed by atoms with Crippen molar-refractivity contribution in [2.24, 2.45) is 5.73 Å². The molecule has 0 radical (unpaired) electrons. The molecule has 0 saturated carbocycles. The van der Waals surface area contributed by atoms with Gasteiger partial charge in [0, 0.05) is 27.3 Å². The van der Waals surface area contributed by atoms with E-state index < -0.39 is 11.6 Å². The average molecular weight is 232 g/mol. The molecule has 1 amide bonds. The summed E-state index contributed by atoms with van der Waals surface area (Å²) in [4.78, 5) is 13.2. The Balaban J connectivity index is 4.02. The van der Waals surface area contributed by atoms with Crippen LogP contribution in [0.15, 0.2) is 0 Å². The summed E-state index contributed by atoms with van der Waals surface area (Å²) in [6, 6.07) is -0.512. The molecule has 0 heterocycles. The predicted octanol–water partition coefficient (Wildman–Crippen LogP) is -0.0304. The highest BCUT2D eigenvalue weighted by molar-refractivity contribution is 5.81. The molecule has 0 spiro atoms. The molecule has 16 heavy (non-hydrogen) atoms. The van der Waals surface area contributed by atoms with Crippen molar-refractivity contribution in [2.45, 2.75) is 38.3 Å². The normalized spacial score (nSPS) is 13.6. The smallest absolute Gasteiger partial charge is 0.239 e. The second kappa shape index (κ2) is 6.83. The van der Waals surface area contributed by atoms with Gasteiger partial charge in [0.15, 0.2) is 0 Å². The van der Waals surface area contributed by atoms with Crippen molar-refractivity contribution in [3.63, 3.8) is 0 Å². The van der Waals surface area contributed by atoms with Gasteiger partial charge in [0.2, 0.25) is 5.91 Å². The fraction of sp³-hybridized carbons (Fsp3) is 0.909.